The molecule has 0 radical (unpaired) electrons. The van der Waals surface area contributed by atoms with Crippen LogP contribution in [-0.4, -0.2) is 80.0 Å². The molecule has 2 aliphatic heterocycles. The predicted octanol–water partition coefficient (Wildman–Crippen LogP) is 3.85. The topological polar surface area (TPSA) is 67.9 Å². The Morgan fingerprint density at radius 1 is 0.930 bits per heavy atom. The molecule has 2 heterocycles. The highest BCUT2D eigenvalue weighted by Gasteiger charge is 2.33. The minimum atomic E-state index is -0.649. The quantitative estimate of drug-likeness (QED) is 0.432. The number of carbonyl (C=O) groups excluding carboxylic acids is 2. The van der Waals surface area contributed by atoms with E-state index in [9.17, 15) is 9.59 Å². The van der Waals surface area contributed by atoms with Gasteiger partial charge < -0.3 is 25.3 Å². The molecule has 6 rings (SSSR count). The van der Waals surface area contributed by atoms with Gasteiger partial charge in [-0.2, -0.15) is 0 Å². The number of amides is 2. The molecule has 3 atom stereocenters. The Bertz CT molecular complexity index is 1450. The molecule has 7 nitrogen and oxygen atoms in total. The van der Waals surface area contributed by atoms with Crippen LogP contribution in [0.5, 0.6) is 0 Å². The second-order valence-electron chi connectivity index (χ2n) is 12.4. The molecule has 0 aromatic heterocycles. The lowest BCUT2D eigenvalue weighted by molar-refractivity contribution is -0.137. The Balaban J connectivity index is 1.14. The average Bonchev–Trinajstić information content (AvgIpc) is 3.04. The number of nitrogens with one attached hydrogen (secondary N) is 2. The van der Waals surface area contributed by atoms with Crippen molar-refractivity contribution in [2.45, 2.75) is 56.8 Å². The third-order valence-corrected chi connectivity index (χ3v) is 9.71. The zero-order valence-corrected chi connectivity index (χ0v) is 25.9. The molecule has 2 amide bonds. The number of hydrogen-bond donors (Lipinski definition) is 2. The van der Waals surface area contributed by atoms with Crippen molar-refractivity contribution < 1.29 is 9.59 Å². The number of anilines is 1. The molecule has 2 N–H and O–H groups in total. The summed E-state index contributed by atoms with van der Waals surface area (Å²) in [5.74, 6) is -0.159. The SMILES string of the molecule is CN(C)[C@@H]1CCc2cccc(N3CCN(C(=O)[C@@H](Cc4ccc(Cl)cc4)NC(=O)[C@H]4Cc5ccccc5CN4)CC3)c2C1. The first-order chi connectivity index (χ1) is 20.9. The lowest BCUT2D eigenvalue weighted by Gasteiger charge is -2.40. The van der Waals surface area contributed by atoms with E-state index >= 15 is 0 Å². The maximum absolute atomic E-state index is 14.0. The van der Waals surface area contributed by atoms with E-state index in [4.69, 9.17) is 11.6 Å². The first kappa shape index (κ1) is 29.7. The van der Waals surface area contributed by atoms with Crippen LogP contribution in [0.25, 0.3) is 0 Å². The van der Waals surface area contributed by atoms with Crippen LogP contribution < -0.4 is 15.5 Å². The summed E-state index contributed by atoms with van der Waals surface area (Å²) < 4.78 is 0. The molecule has 3 aromatic rings. The van der Waals surface area contributed by atoms with Crippen molar-refractivity contribution in [3.05, 3.63) is 99.6 Å². The Morgan fingerprint density at radius 3 is 2.40 bits per heavy atom. The largest absolute Gasteiger partial charge is 0.368 e. The van der Waals surface area contributed by atoms with Crippen LogP contribution >= 0.6 is 11.6 Å². The van der Waals surface area contributed by atoms with E-state index in [1.165, 1.54) is 34.4 Å². The summed E-state index contributed by atoms with van der Waals surface area (Å²) in [4.78, 5) is 34.3. The number of aryl methyl sites for hydroxylation is 1. The lowest BCUT2D eigenvalue weighted by Crippen LogP contribution is -2.58. The smallest absolute Gasteiger partial charge is 0.245 e. The Hall–Kier alpha value is -3.39. The second-order valence-corrected chi connectivity index (χ2v) is 12.8. The maximum atomic E-state index is 14.0. The van der Waals surface area contributed by atoms with Crippen molar-refractivity contribution in [2.75, 3.05) is 45.2 Å². The molecule has 8 heteroatoms. The number of fused-ring (bicyclic) bond motifs is 2. The average molecular weight is 600 g/mol. The summed E-state index contributed by atoms with van der Waals surface area (Å²) in [6.45, 7) is 3.45. The van der Waals surface area contributed by atoms with Crippen LogP contribution in [0.1, 0.15) is 34.2 Å². The van der Waals surface area contributed by atoms with Crippen molar-refractivity contribution >= 4 is 29.1 Å². The van der Waals surface area contributed by atoms with Gasteiger partial charge in [0.15, 0.2) is 0 Å². The van der Waals surface area contributed by atoms with Gasteiger partial charge in [-0.05, 0) is 85.8 Å². The van der Waals surface area contributed by atoms with Gasteiger partial charge in [0.05, 0.1) is 6.04 Å². The molecule has 3 aromatic carbocycles. The van der Waals surface area contributed by atoms with Crippen molar-refractivity contribution in [3.8, 4) is 0 Å². The Kier molecular flexibility index (Phi) is 9.03. The normalized spacial score (nSPS) is 20.7. The summed E-state index contributed by atoms with van der Waals surface area (Å²) in [6.07, 6.45) is 4.39. The van der Waals surface area contributed by atoms with Crippen LogP contribution in [0.15, 0.2) is 66.7 Å². The van der Waals surface area contributed by atoms with E-state index in [0.29, 0.717) is 43.5 Å². The summed E-state index contributed by atoms with van der Waals surface area (Å²) in [6, 6.07) is 22.0. The molecular formula is C35H42ClN5O2. The number of rotatable bonds is 7. The first-order valence-electron chi connectivity index (χ1n) is 15.5. The molecule has 1 fully saturated rings. The second kappa shape index (κ2) is 13.1. The number of piperazine rings is 1. The number of carbonyl (C=O) groups is 2. The van der Waals surface area contributed by atoms with E-state index in [-0.39, 0.29) is 17.9 Å². The van der Waals surface area contributed by atoms with Crippen LogP contribution in [0.3, 0.4) is 0 Å². The van der Waals surface area contributed by atoms with Gasteiger partial charge in [-0.15, -0.1) is 0 Å². The number of hydrogen-bond acceptors (Lipinski definition) is 5. The molecule has 1 aliphatic carbocycles. The van der Waals surface area contributed by atoms with Gasteiger partial charge in [0, 0.05) is 55.9 Å². The summed E-state index contributed by atoms with van der Waals surface area (Å²) in [5, 5.41) is 7.15. The fourth-order valence-electron chi connectivity index (χ4n) is 6.84. The minimum Gasteiger partial charge on any atom is -0.368 e. The van der Waals surface area contributed by atoms with E-state index in [1.54, 1.807) is 0 Å². The van der Waals surface area contributed by atoms with E-state index < -0.39 is 6.04 Å². The van der Waals surface area contributed by atoms with Crippen LogP contribution in [0, 0.1) is 0 Å². The van der Waals surface area contributed by atoms with Gasteiger partial charge in [-0.1, -0.05) is 60.1 Å². The van der Waals surface area contributed by atoms with Gasteiger partial charge in [-0.3, -0.25) is 9.59 Å². The monoisotopic (exact) mass is 599 g/mol. The molecule has 1 saturated heterocycles. The standard InChI is InChI=1S/C35H42ClN5O2/c1-39(2)29-15-12-25-8-5-9-33(30(25)22-29)40-16-18-41(19-17-40)35(43)32(20-24-10-13-28(36)14-11-24)38-34(42)31-21-26-6-3-4-7-27(26)23-37-31/h3-11,13-14,29,31-32,37H,12,15-23H2,1-2H3,(H,38,42)/t29-,31-,32-/m1/s1. The molecule has 0 saturated carbocycles. The number of halogens is 1. The third-order valence-electron chi connectivity index (χ3n) is 9.46. The molecule has 0 spiro atoms. The highest BCUT2D eigenvalue weighted by Crippen LogP contribution is 2.32. The molecular weight excluding hydrogens is 558 g/mol. The van der Waals surface area contributed by atoms with Gasteiger partial charge in [-0.25, -0.2) is 0 Å². The number of likely N-dealkylation sites (N-methyl/N-ethyl adjacent to an activating group) is 1. The third kappa shape index (κ3) is 6.74. The molecule has 3 aliphatic rings. The first-order valence-corrected chi connectivity index (χ1v) is 15.9. The van der Waals surface area contributed by atoms with Gasteiger partial charge >= 0.3 is 0 Å². The zero-order chi connectivity index (χ0) is 29.9. The molecule has 226 valence electrons. The van der Waals surface area contributed by atoms with Gasteiger partial charge in [0.2, 0.25) is 11.8 Å². The number of nitrogens with zero attached hydrogens (tertiary/aromatic N) is 3. The van der Waals surface area contributed by atoms with E-state index in [0.717, 1.165) is 31.5 Å². The minimum absolute atomic E-state index is 0.0260. The van der Waals surface area contributed by atoms with Crippen molar-refractivity contribution in [1.29, 1.82) is 0 Å². The molecule has 0 bridgehead atoms. The van der Waals surface area contributed by atoms with Crippen LogP contribution in [0.4, 0.5) is 5.69 Å². The van der Waals surface area contributed by atoms with Crippen molar-refractivity contribution in [1.82, 2.24) is 20.4 Å². The van der Waals surface area contributed by atoms with E-state index in [2.05, 4.69) is 64.9 Å². The fourth-order valence-corrected chi connectivity index (χ4v) is 6.97. The highest BCUT2D eigenvalue weighted by atomic mass is 35.5. The Morgan fingerprint density at radius 2 is 1.65 bits per heavy atom. The molecule has 43 heavy (non-hydrogen) atoms. The predicted molar refractivity (Wildman–Crippen MR) is 173 cm³/mol. The maximum Gasteiger partial charge on any atom is 0.245 e. The van der Waals surface area contributed by atoms with Crippen LogP contribution in [0.2, 0.25) is 5.02 Å². The van der Waals surface area contributed by atoms with Crippen molar-refractivity contribution in [2.24, 2.45) is 0 Å². The van der Waals surface area contributed by atoms with Crippen molar-refractivity contribution in [3.63, 3.8) is 0 Å². The summed E-state index contributed by atoms with van der Waals surface area (Å²) >= 11 is 6.13. The van der Waals surface area contributed by atoms with Crippen LogP contribution in [-0.2, 0) is 41.8 Å². The van der Waals surface area contributed by atoms with Gasteiger partial charge in [0.1, 0.15) is 6.04 Å². The van der Waals surface area contributed by atoms with Gasteiger partial charge in [0.25, 0.3) is 0 Å². The Labute approximate surface area is 260 Å². The summed E-state index contributed by atoms with van der Waals surface area (Å²) in [7, 11) is 4.34. The lowest BCUT2D eigenvalue weighted by atomic mass is 9.86. The van der Waals surface area contributed by atoms with E-state index in [1.807, 2.05) is 41.3 Å². The fraction of sp³-hybridized carbons (Fsp3) is 0.429. The summed E-state index contributed by atoms with van der Waals surface area (Å²) in [5.41, 5.74) is 7.59. The highest BCUT2D eigenvalue weighted by molar-refractivity contribution is 6.30. The number of benzene rings is 3. The zero-order valence-electron chi connectivity index (χ0n) is 25.2. The molecule has 0 unspecified atom stereocenters.